The number of rotatable bonds is 18. The van der Waals surface area contributed by atoms with Gasteiger partial charge in [0.2, 0.25) is 0 Å². The van der Waals surface area contributed by atoms with Crippen molar-refractivity contribution in [3.05, 3.63) is 35.4 Å². The van der Waals surface area contributed by atoms with Gasteiger partial charge >= 0.3 is 11.9 Å². The van der Waals surface area contributed by atoms with Crippen LogP contribution < -0.4 is 0 Å². The van der Waals surface area contributed by atoms with Crippen LogP contribution in [0.3, 0.4) is 0 Å². The highest BCUT2D eigenvalue weighted by Gasteiger charge is 2.17. The molecule has 1 atom stereocenters. The summed E-state index contributed by atoms with van der Waals surface area (Å²) < 4.78 is 5.77. The third kappa shape index (κ3) is 12.0. The number of ether oxygens (including phenoxy) is 1. The molecule has 0 bridgehead atoms. The van der Waals surface area contributed by atoms with E-state index in [0.29, 0.717) is 5.56 Å². The average molecular weight is 419 g/mol. The van der Waals surface area contributed by atoms with Gasteiger partial charge in [-0.1, -0.05) is 90.5 Å². The number of carbonyl (C=O) groups excluding carboxylic acids is 1. The molecule has 0 aliphatic carbocycles. The Kier molecular flexibility index (Phi) is 14.8. The maximum absolute atomic E-state index is 12.5. The van der Waals surface area contributed by atoms with E-state index in [1.54, 1.807) is 12.1 Å². The first kappa shape index (κ1) is 26.2. The van der Waals surface area contributed by atoms with Crippen LogP contribution in [0.25, 0.3) is 0 Å². The van der Waals surface area contributed by atoms with Crippen molar-refractivity contribution in [2.24, 2.45) is 0 Å². The van der Waals surface area contributed by atoms with Gasteiger partial charge in [-0.05, 0) is 43.9 Å². The molecule has 1 N–H and O–H groups in total. The van der Waals surface area contributed by atoms with Gasteiger partial charge in [0, 0.05) is 0 Å². The molecule has 0 saturated heterocycles. The molecule has 0 fully saturated rings. The third-order valence-corrected chi connectivity index (χ3v) is 5.63. The lowest BCUT2D eigenvalue weighted by Crippen LogP contribution is -2.19. The lowest BCUT2D eigenvalue weighted by Gasteiger charge is -2.18. The summed E-state index contributed by atoms with van der Waals surface area (Å²) in [5, 5.41) is 9.12. The minimum Gasteiger partial charge on any atom is -0.478 e. The van der Waals surface area contributed by atoms with Crippen LogP contribution in [0.15, 0.2) is 24.3 Å². The van der Waals surface area contributed by atoms with Crippen LogP contribution in [-0.4, -0.2) is 23.1 Å². The molecule has 0 amide bonds. The Labute approximate surface area is 183 Å². The van der Waals surface area contributed by atoms with Gasteiger partial charge in [0.05, 0.1) is 11.1 Å². The molecule has 0 aliphatic heterocycles. The summed E-state index contributed by atoms with van der Waals surface area (Å²) in [6.07, 6.45) is 17.9. The number of carbonyl (C=O) groups is 2. The fourth-order valence-corrected chi connectivity index (χ4v) is 3.74. The van der Waals surface area contributed by atoms with Gasteiger partial charge < -0.3 is 9.84 Å². The predicted octanol–water partition coefficient (Wildman–Crippen LogP) is 7.80. The number of carboxylic acid groups (broad SMARTS) is 1. The Balaban J connectivity index is 2.37. The van der Waals surface area contributed by atoms with Crippen molar-refractivity contribution in [1.29, 1.82) is 0 Å². The summed E-state index contributed by atoms with van der Waals surface area (Å²) in [5.41, 5.74) is 0.431. The van der Waals surface area contributed by atoms with Gasteiger partial charge in [0.1, 0.15) is 6.10 Å². The quantitative estimate of drug-likeness (QED) is 0.195. The molecule has 1 unspecified atom stereocenters. The molecule has 4 nitrogen and oxygen atoms in total. The average Bonchev–Trinajstić information content (AvgIpc) is 2.75. The molecule has 0 aromatic heterocycles. The van der Waals surface area contributed by atoms with Crippen LogP contribution >= 0.6 is 0 Å². The zero-order valence-electron chi connectivity index (χ0n) is 19.2. The van der Waals surface area contributed by atoms with Crippen molar-refractivity contribution >= 4 is 11.9 Å². The van der Waals surface area contributed by atoms with Crippen LogP contribution in [0.5, 0.6) is 0 Å². The normalized spacial score (nSPS) is 11.9. The molecule has 0 saturated carbocycles. The fraction of sp³-hybridized carbons (Fsp3) is 0.692. The highest BCUT2D eigenvalue weighted by atomic mass is 16.5. The van der Waals surface area contributed by atoms with E-state index in [0.717, 1.165) is 38.5 Å². The van der Waals surface area contributed by atoms with E-state index in [4.69, 9.17) is 9.84 Å². The van der Waals surface area contributed by atoms with Crippen molar-refractivity contribution in [3.63, 3.8) is 0 Å². The molecular weight excluding hydrogens is 376 g/mol. The number of unbranched alkanes of at least 4 members (excludes halogenated alkanes) is 11. The minimum absolute atomic E-state index is 0.0772. The maximum atomic E-state index is 12.5. The lowest BCUT2D eigenvalue weighted by molar-refractivity contribution is 0.0249. The van der Waals surface area contributed by atoms with Gasteiger partial charge in [0.25, 0.3) is 0 Å². The molecule has 4 heteroatoms. The number of carboxylic acids is 1. The summed E-state index contributed by atoms with van der Waals surface area (Å²) in [4.78, 5) is 23.7. The predicted molar refractivity (Wildman–Crippen MR) is 123 cm³/mol. The van der Waals surface area contributed by atoms with Crippen LogP contribution in [-0.2, 0) is 4.74 Å². The fourth-order valence-electron chi connectivity index (χ4n) is 3.74. The van der Waals surface area contributed by atoms with Gasteiger partial charge in [-0.15, -0.1) is 0 Å². The van der Waals surface area contributed by atoms with Gasteiger partial charge in [-0.2, -0.15) is 0 Å². The number of hydrogen-bond acceptors (Lipinski definition) is 3. The lowest BCUT2D eigenvalue weighted by atomic mass is 10.0. The molecule has 0 aliphatic rings. The monoisotopic (exact) mass is 418 g/mol. The number of hydrogen-bond donors (Lipinski definition) is 1. The summed E-state index contributed by atoms with van der Waals surface area (Å²) in [7, 11) is 0. The highest BCUT2D eigenvalue weighted by molar-refractivity contribution is 5.94. The molecule has 30 heavy (non-hydrogen) atoms. The molecular formula is C26H42O4. The SMILES string of the molecule is CCCCCCCCCCCCC(CCCCC)OC(=O)c1cccc(C(=O)O)c1. The van der Waals surface area contributed by atoms with Crippen LogP contribution in [0.4, 0.5) is 0 Å². The highest BCUT2D eigenvalue weighted by Crippen LogP contribution is 2.18. The first-order chi connectivity index (χ1) is 14.6. The van der Waals surface area contributed by atoms with Crippen molar-refractivity contribution < 1.29 is 19.4 Å². The zero-order chi connectivity index (χ0) is 22.0. The van der Waals surface area contributed by atoms with E-state index >= 15 is 0 Å². The van der Waals surface area contributed by atoms with E-state index < -0.39 is 11.9 Å². The Morgan fingerprint density at radius 3 is 1.80 bits per heavy atom. The molecule has 1 rings (SSSR count). The zero-order valence-corrected chi connectivity index (χ0v) is 19.2. The van der Waals surface area contributed by atoms with E-state index in [1.165, 1.54) is 69.9 Å². The smallest absolute Gasteiger partial charge is 0.338 e. The van der Waals surface area contributed by atoms with Gasteiger partial charge in [0.15, 0.2) is 0 Å². The van der Waals surface area contributed by atoms with E-state index in [-0.39, 0.29) is 11.7 Å². The van der Waals surface area contributed by atoms with Crippen molar-refractivity contribution in [2.45, 2.75) is 116 Å². The van der Waals surface area contributed by atoms with E-state index in [9.17, 15) is 9.59 Å². The van der Waals surface area contributed by atoms with Crippen LogP contribution in [0.1, 0.15) is 131 Å². The number of aromatic carboxylic acids is 1. The van der Waals surface area contributed by atoms with Gasteiger partial charge in [-0.3, -0.25) is 0 Å². The third-order valence-electron chi connectivity index (χ3n) is 5.63. The standard InChI is InChI=1S/C26H42O4/c1-3-5-7-8-9-10-11-12-13-15-20-24(19-14-6-4-2)30-26(29)23-18-16-17-22(21-23)25(27)28/h16-18,21,24H,3-15,19-20H2,1-2H3,(H,27,28). The second kappa shape index (κ2) is 16.9. The molecule has 1 aromatic rings. The van der Waals surface area contributed by atoms with Crippen molar-refractivity contribution in [3.8, 4) is 0 Å². The summed E-state index contributed by atoms with van der Waals surface area (Å²) in [5.74, 6) is -1.44. The van der Waals surface area contributed by atoms with Crippen molar-refractivity contribution in [1.82, 2.24) is 0 Å². The maximum Gasteiger partial charge on any atom is 0.338 e. The first-order valence-corrected chi connectivity index (χ1v) is 12.1. The minimum atomic E-state index is -1.03. The van der Waals surface area contributed by atoms with Crippen molar-refractivity contribution in [2.75, 3.05) is 0 Å². The molecule has 0 spiro atoms. The Hall–Kier alpha value is -1.84. The number of esters is 1. The Bertz CT molecular complexity index is 596. The molecule has 1 aromatic carbocycles. The number of benzene rings is 1. The summed E-state index contributed by atoms with van der Waals surface area (Å²) in [6.45, 7) is 4.42. The van der Waals surface area contributed by atoms with E-state index in [2.05, 4.69) is 13.8 Å². The van der Waals surface area contributed by atoms with Crippen LogP contribution in [0.2, 0.25) is 0 Å². The van der Waals surface area contributed by atoms with Crippen LogP contribution in [0, 0.1) is 0 Å². The molecule has 170 valence electrons. The summed E-state index contributed by atoms with van der Waals surface area (Å²) >= 11 is 0. The summed E-state index contributed by atoms with van der Waals surface area (Å²) in [6, 6.07) is 6.10. The first-order valence-electron chi connectivity index (χ1n) is 12.1. The Morgan fingerprint density at radius 2 is 1.23 bits per heavy atom. The molecule has 0 radical (unpaired) electrons. The topological polar surface area (TPSA) is 63.6 Å². The largest absolute Gasteiger partial charge is 0.478 e. The second-order valence-corrected chi connectivity index (χ2v) is 8.38. The Morgan fingerprint density at radius 1 is 0.767 bits per heavy atom. The van der Waals surface area contributed by atoms with E-state index in [1.807, 2.05) is 0 Å². The molecule has 0 heterocycles. The van der Waals surface area contributed by atoms with Gasteiger partial charge in [-0.25, -0.2) is 9.59 Å². The second-order valence-electron chi connectivity index (χ2n) is 8.38.